The summed E-state index contributed by atoms with van der Waals surface area (Å²) in [6, 6.07) is 0.336. The van der Waals surface area contributed by atoms with Gasteiger partial charge < -0.3 is 10.4 Å². The van der Waals surface area contributed by atoms with Crippen molar-refractivity contribution in [2.45, 2.75) is 50.7 Å². The molecule has 1 rings (SSSR count). The first-order valence-electron chi connectivity index (χ1n) is 5.92. The van der Waals surface area contributed by atoms with E-state index in [1.54, 1.807) is 6.92 Å². The van der Waals surface area contributed by atoms with E-state index in [1.165, 1.54) is 19.1 Å². The van der Waals surface area contributed by atoms with E-state index in [0.29, 0.717) is 18.9 Å². The van der Waals surface area contributed by atoms with Crippen molar-refractivity contribution < 1.29 is 13.5 Å². The van der Waals surface area contributed by atoms with Gasteiger partial charge in [-0.25, -0.2) is 8.42 Å². The molecule has 0 aromatic heterocycles. The molecule has 0 aliphatic carbocycles. The van der Waals surface area contributed by atoms with E-state index in [1.807, 2.05) is 0 Å². The Morgan fingerprint density at radius 1 is 1.44 bits per heavy atom. The van der Waals surface area contributed by atoms with Crippen molar-refractivity contribution >= 4 is 9.84 Å². The number of nitrogens with one attached hydrogen (secondary N) is 1. The van der Waals surface area contributed by atoms with Gasteiger partial charge in [-0.05, 0) is 39.2 Å². The number of hydrogen-bond acceptors (Lipinski definition) is 4. The molecule has 2 N–H and O–H groups in total. The topological polar surface area (TPSA) is 66.4 Å². The molecule has 0 saturated carbocycles. The van der Waals surface area contributed by atoms with Gasteiger partial charge in [-0.1, -0.05) is 6.42 Å². The lowest BCUT2D eigenvalue weighted by Gasteiger charge is -2.31. The minimum Gasteiger partial charge on any atom is -0.390 e. The van der Waals surface area contributed by atoms with E-state index < -0.39 is 15.4 Å². The Labute approximate surface area is 98.4 Å². The zero-order valence-corrected chi connectivity index (χ0v) is 11.0. The summed E-state index contributed by atoms with van der Waals surface area (Å²) in [5, 5.41) is 13.5. The molecule has 5 heteroatoms. The van der Waals surface area contributed by atoms with Gasteiger partial charge in [0, 0.05) is 12.3 Å². The van der Waals surface area contributed by atoms with Gasteiger partial charge in [0.1, 0.15) is 9.84 Å². The summed E-state index contributed by atoms with van der Waals surface area (Å²) in [5.74, 6) is 0.0622. The predicted octanol–water partition coefficient (Wildman–Crippen LogP) is 0.704. The second kappa shape index (κ2) is 5.47. The van der Waals surface area contributed by atoms with E-state index >= 15 is 0 Å². The first-order chi connectivity index (χ1) is 7.29. The van der Waals surface area contributed by atoms with Crippen LogP contribution in [0.1, 0.15) is 39.0 Å². The summed E-state index contributed by atoms with van der Waals surface area (Å²) >= 11 is 0. The third-order valence-electron chi connectivity index (χ3n) is 3.11. The van der Waals surface area contributed by atoms with Gasteiger partial charge in [0.2, 0.25) is 0 Å². The molecule has 1 saturated heterocycles. The molecule has 0 aromatic rings. The van der Waals surface area contributed by atoms with Crippen LogP contribution in [-0.4, -0.2) is 43.7 Å². The van der Waals surface area contributed by atoms with Gasteiger partial charge >= 0.3 is 0 Å². The summed E-state index contributed by atoms with van der Waals surface area (Å²) in [7, 11) is -2.98. The molecular formula is C11H23NO3S. The second-order valence-corrected chi connectivity index (χ2v) is 7.49. The number of piperidine rings is 1. The zero-order chi connectivity index (χ0) is 12.2. The van der Waals surface area contributed by atoms with Crippen LogP contribution in [-0.2, 0) is 9.84 Å². The van der Waals surface area contributed by atoms with Gasteiger partial charge in [0.15, 0.2) is 0 Å². The molecule has 0 radical (unpaired) electrons. The van der Waals surface area contributed by atoms with Crippen LogP contribution in [0.2, 0.25) is 0 Å². The highest BCUT2D eigenvalue weighted by molar-refractivity contribution is 7.90. The van der Waals surface area contributed by atoms with Crippen LogP contribution in [0, 0.1) is 0 Å². The van der Waals surface area contributed by atoms with Crippen molar-refractivity contribution in [1.29, 1.82) is 0 Å². The Morgan fingerprint density at radius 2 is 2.12 bits per heavy atom. The Balaban J connectivity index is 2.37. The standard InChI is InChI=1S/C11H23NO3S/c1-11(13,6-8-16(2,14)15)9-10-5-3-4-7-12-10/h10,12-13H,3-9H2,1-2H3. The minimum absolute atomic E-state index is 0.0622. The third kappa shape index (κ3) is 5.82. The Morgan fingerprint density at radius 3 is 2.62 bits per heavy atom. The van der Waals surface area contributed by atoms with Crippen molar-refractivity contribution in [3.63, 3.8) is 0 Å². The van der Waals surface area contributed by atoms with Gasteiger partial charge in [-0.2, -0.15) is 0 Å². The fourth-order valence-corrected chi connectivity index (χ4v) is 2.95. The fraction of sp³-hybridized carbons (Fsp3) is 1.00. The van der Waals surface area contributed by atoms with Crippen LogP contribution in [0.5, 0.6) is 0 Å². The Hall–Kier alpha value is -0.130. The Bertz CT molecular complexity index is 305. The smallest absolute Gasteiger partial charge is 0.147 e. The summed E-state index contributed by atoms with van der Waals surface area (Å²) in [6.07, 6.45) is 5.64. The van der Waals surface area contributed by atoms with Gasteiger partial charge in [-0.15, -0.1) is 0 Å². The van der Waals surface area contributed by atoms with E-state index in [2.05, 4.69) is 5.32 Å². The Kier molecular flexibility index (Phi) is 4.76. The molecule has 2 unspecified atom stereocenters. The van der Waals surface area contributed by atoms with Crippen LogP contribution in [0.3, 0.4) is 0 Å². The van der Waals surface area contributed by atoms with E-state index in [4.69, 9.17) is 0 Å². The highest BCUT2D eigenvalue weighted by atomic mass is 32.2. The number of rotatable bonds is 5. The number of aliphatic hydroxyl groups is 1. The van der Waals surface area contributed by atoms with Crippen molar-refractivity contribution in [3.05, 3.63) is 0 Å². The fourth-order valence-electron chi connectivity index (χ4n) is 2.14. The third-order valence-corrected chi connectivity index (χ3v) is 4.06. The van der Waals surface area contributed by atoms with Crippen LogP contribution in [0.15, 0.2) is 0 Å². The molecule has 1 aliphatic rings. The average molecular weight is 249 g/mol. The summed E-state index contributed by atoms with van der Waals surface area (Å²) < 4.78 is 22.1. The molecule has 0 spiro atoms. The molecule has 0 bridgehead atoms. The molecule has 16 heavy (non-hydrogen) atoms. The monoisotopic (exact) mass is 249 g/mol. The van der Waals surface area contributed by atoms with E-state index in [0.717, 1.165) is 13.0 Å². The van der Waals surface area contributed by atoms with Crippen LogP contribution >= 0.6 is 0 Å². The molecule has 0 aromatic carbocycles. The predicted molar refractivity (Wildman–Crippen MR) is 65.2 cm³/mol. The van der Waals surface area contributed by atoms with Gasteiger partial charge in [0.05, 0.1) is 11.4 Å². The van der Waals surface area contributed by atoms with Gasteiger partial charge in [-0.3, -0.25) is 0 Å². The summed E-state index contributed by atoms with van der Waals surface area (Å²) in [6.45, 7) is 2.74. The van der Waals surface area contributed by atoms with Crippen LogP contribution in [0.4, 0.5) is 0 Å². The lowest BCUT2D eigenvalue weighted by Crippen LogP contribution is -2.41. The lowest BCUT2D eigenvalue weighted by atomic mass is 9.90. The molecule has 2 atom stereocenters. The molecule has 1 aliphatic heterocycles. The van der Waals surface area contributed by atoms with Crippen LogP contribution < -0.4 is 5.32 Å². The molecule has 96 valence electrons. The van der Waals surface area contributed by atoms with Crippen molar-refractivity contribution in [3.8, 4) is 0 Å². The maximum atomic E-state index is 11.0. The maximum Gasteiger partial charge on any atom is 0.147 e. The highest BCUT2D eigenvalue weighted by Crippen LogP contribution is 2.21. The molecule has 1 heterocycles. The molecular weight excluding hydrogens is 226 g/mol. The second-order valence-electron chi connectivity index (χ2n) is 5.23. The van der Waals surface area contributed by atoms with Gasteiger partial charge in [0.25, 0.3) is 0 Å². The largest absolute Gasteiger partial charge is 0.390 e. The van der Waals surface area contributed by atoms with Crippen molar-refractivity contribution in [1.82, 2.24) is 5.32 Å². The molecule has 4 nitrogen and oxygen atoms in total. The highest BCUT2D eigenvalue weighted by Gasteiger charge is 2.27. The lowest BCUT2D eigenvalue weighted by molar-refractivity contribution is 0.0338. The summed E-state index contributed by atoms with van der Waals surface area (Å²) in [4.78, 5) is 0. The normalized spacial score (nSPS) is 26.3. The zero-order valence-electron chi connectivity index (χ0n) is 10.2. The van der Waals surface area contributed by atoms with E-state index in [9.17, 15) is 13.5 Å². The molecule has 1 fully saturated rings. The average Bonchev–Trinajstić information content (AvgIpc) is 2.15. The summed E-state index contributed by atoms with van der Waals surface area (Å²) in [5.41, 5.74) is -0.877. The minimum atomic E-state index is -2.98. The number of sulfone groups is 1. The van der Waals surface area contributed by atoms with E-state index in [-0.39, 0.29) is 5.75 Å². The molecule has 0 amide bonds. The number of hydrogen-bond donors (Lipinski definition) is 2. The quantitative estimate of drug-likeness (QED) is 0.753. The first-order valence-corrected chi connectivity index (χ1v) is 7.98. The SMILES string of the molecule is CC(O)(CCS(C)(=O)=O)CC1CCCCN1. The van der Waals surface area contributed by atoms with Crippen LogP contribution in [0.25, 0.3) is 0 Å². The first kappa shape index (κ1) is 13.9. The van der Waals surface area contributed by atoms with Crippen molar-refractivity contribution in [2.24, 2.45) is 0 Å². The van der Waals surface area contributed by atoms with Crippen molar-refractivity contribution in [2.75, 3.05) is 18.6 Å². The maximum absolute atomic E-state index is 11.0.